The molecule has 0 spiro atoms. The molecule has 2 aromatic carbocycles. The molecule has 156 valence electrons. The Morgan fingerprint density at radius 3 is 2.73 bits per heavy atom. The molecule has 0 aliphatic heterocycles. The van der Waals surface area contributed by atoms with E-state index >= 15 is 0 Å². The summed E-state index contributed by atoms with van der Waals surface area (Å²) in [5.41, 5.74) is 0.521. The average molecular weight is 444 g/mol. The number of imidazole rings is 1. The number of carbonyl (C=O) groups is 1. The monoisotopic (exact) mass is 443 g/mol. The van der Waals surface area contributed by atoms with Gasteiger partial charge in [-0.15, -0.1) is 0 Å². The first-order chi connectivity index (χ1) is 14.6. The lowest BCUT2D eigenvalue weighted by molar-refractivity contribution is -0.113. The van der Waals surface area contributed by atoms with Gasteiger partial charge in [0.05, 0.1) is 18.0 Å². The maximum Gasteiger partial charge on any atom is 0.234 e. The topological polar surface area (TPSA) is 65.4 Å². The van der Waals surface area contributed by atoms with Gasteiger partial charge in [-0.1, -0.05) is 23.4 Å². The van der Waals surface area contributed by atoms with E-state index in [-0.39, 0.29) is 11.7 Å². The molecule has 6 nitrogen and oxygen atoms in total. The standard InChI is InChI=1S/C22H22ClN3O3S/c1-2-28-17-6-8-18(9-7-17)29-20-10-3-15(23)13-19(20)25-21(27)14-30-22-24-11-12-26(22)16-4-5-16/h3,6-13,16H,2,4-5,14H2,1H3,(H,25,27). The SMILES string of the molecule is CCOc1ccc(Oc2ccc(Cl)cc2NC(=O)CSc2nccn2C2CC2)cc1. The molecule has 1 aliphatic carbocycles. The van der Waals surface area contributed by atoms with Crippen molar-refractivity contribution in [2.45, 2.75) is 31.0 Å². The van der Waals surface area contributed by atoms with Crippen LogP contribution in [0.3, 0.4) is 0 Å². The number of rotatable bonds is 9. The molecule has 0 saturated heterocycles. The Hall–Kier alpha value is -2.64. The van der Waals surface area contributed by atoms with Crippen molar-refractivity contribution < 1.29 is 14.3 Å². The number of hydrogen-bond donors (Lipinski definition) is 1. The van der Waals surface area contributed by atoms with Crippen molar-refractivity contribution >= 4 is 35.0 Å². The Labute approximate surface area is 184 Å². The third-order valence-electron chi connectivity index (χ3n) is 4.48. The van der Waals surface area contributed by atoms with Crippen molar-refractivity contribution in [1.82, 2.24) is 9.55 Å². The summed E-state index contributed by atoms with van der Waals surface area (Å²) in [5, 5.41) is 4.28. The summed E-state index contributed by atoms with van der Waals surface area (Å²) in [5.74, 6) is 2.03. The van der Waals surface area contributed by atoms with Gasteiger partial charge in [-0.3, -0.25) is 4.79 Å². The summed E-state index contributed by atoms with van der Waals surface area (Å²) in [6.07, 6.45) is 6.09. The van der Waals surface area contributed by atoms with Crippen LogP contribution in [0.1, 0.15) is 25.8 Å². The summed E-state index contributed by atoms with van der Waals surface area (Å²) in [7, 11) is 0. The van der Waals surface area contributed by atoms with Crippen molar-refractivity contribution in [2.24, 2.45) is 0 Å². The normalized spacial score (nSPS) is 13.1. The highest BCUT2D eigenvalue weighted by atomic mass is 35.5. The van der Waals surface area contributed by atoms with E-state index in [2.05, 4.69) is 14.9 Å². The zero-order valence-corrected chi connectivity index (χ0v) is 18.1. The molecule has 3 aromatic rings. The fraction of sp³-hybridized carbons (Fsp3) is 0.273. The number of aromatic nitrogens is 2. The molecule has 1 fully saturated rings. The van der Waals surface area contributed by atoms with E-state index in [4.69, 9.17) is 21.1 Å². The number of halogens is 1. The molecule has 1 amide bonds. The second-order valence-corrected chi connectivity index (χ2v) is 8.21. The summed E-state index contributed by atoms with van der Waals surface area (Å²) in [6.45, 7) is 2.54. The number of amides is 1. The minimum absolute atomic E-state index is 0.149. The molecule has 1 saturated carbocycles. The zero-order valence-electron chi connectivity index (χ0n) is 16.5. The van der Waals surface area contributed by atoms with Crippen LogP contribution in [-0.4, -0.2) is 27.8 Å². The number of nitrogens with zero attached hydrogens (tertiary/aromatic N) is 2. The Morgan fingerprint density at radius 1 is 1.23 bits per heavy atom. The lowest BCUT2D eigenvalue weighted by Gasteiger charge is -2.13. The maximum absolute atomic E-state index is 12.6. The Kier molecular flexibility index (Phi) is 6.50. The maximum atomic E-state index is 12.6. The number of carbonyl (C=O) groups excluding carboxylic acids is 1. The second kappa shape index (κ2) is 9.45. The molecule has 1 aliphatic rings. The van der Waals surface area contributed by atoms with Gasteiger partial charge in [0, 0.05) is 23.5 Å². The molecule has 8 heteroatoms. The largest absolute Gasteiger partial charge is 0.494 e. The van der Waals surface area contributed by atoms with Gasteiger partial charge in [0.1, 0.15) is 11.5 Å². The van der Waals surface area contributed by atoms with Crippen LogP contribution in [0.2, 0.25) is 5.02 Å². The highest BCUT2D eigenvalue weighted by molar-refractivity contribution is 7.99. The summed E-state index contributed by atoms with van der Waals surface area (Å²) in [6, 6.07) is 13.0. The van der Waals surface area contributed by atoms with Crippen LogP contribution >= 0.6 is 23.4 Å². The summed E-state index contributed by atoms with van der Waals surface area (Å²) < 4.78 is 13.5. The van der Waals surface area contributed by atoms with Gasteiger partial charge in [-0.05, 0) is 62.2 Å². The van der Waals surface area contributed by atoms with Gasteiger partial charge in [0.25, 0.3) is 0 Å². The number of thioether (sulfide) groups is 1. The zero-order chi connectivity index (χ0) is 20.9. The Balaban J connectivity index is 1.40. The van der Waals surface area contributed by atoms with Crippen LogP contribution in [0.5, 0.6) is 17.2 Å². The fourth-order valence-corrected chi connectivity index (χ4v) is 3.94. The van der Waals surface area contributed by atoms with Crippen molar-refractivity contribution in [1.29, 1.82) is 0 Å². The lowest BCUT2D eigenvalue weighted by Crippen LogP contribution is -2.15. The van der Waals surface area contributed by atoms with Crippen LogP contribution in [-0.2, 0) is 4.79 Å². The number of ether oxygens (including phenoxy) is 2. The lowest BCUT2D eigenvalue weighted by atomic mass is 10.2. The highest BCUT2D eigenvalue weighted by Gasteiger charge is 2.25. The Bertz CT molecular complexity index is 1020. The van der Waals surface area contributed by atoms with Crippen molar-refractivity contribution in [3.8, 4) is 17.2 Å². The molecule has 1 aromatic heterocycles. The van der Waals surface area contributed by atoms with Gasteiger partial charge in [0.2, 0.25) is 5.91 Å². The van der Waals surface area contributed by atoms with E-state index in [1.807, 2.05) is 37.4 Å². The molecule has 4 rings (SSSR count). The van der Waals surface area contributed by atoms with Gasteiger partial charge in [0.15, 0.2) is 10.9 Å². The molecule has 0 bridgehead atoms. The predicted molar refractivity (Wildman–Crippen MR) is 119 cm³/mol. The first-order valence-electron chi connectivity index (χ1n) is 9.78. The minimum Gasteiger partial charge on any atom is -0.494 e. The third kappa shape index (κ3) is 5.29. The molecule has 0 atom stereocenters. The summed E-state index contributed by atoms with van der Waals surface area (Å²) in [4.78, 5) is 16.9. The number of nitrogens with one attached hydrogen (secondary N) is 1. The van der Waals surface area contributed by atoms with Gasteiger partial charge < -0.3 is 19.4 Å². The van der Waals surface area contributed by atoms with Gasteiger partial charge in [-0.2, -0.15) is 0 Å². The minimum atomic E-state index is -0.149. The fourth-order valence-electron chi connectivity index (χ4n) is 2.94. The highest BCUT2D eigenvalue weighted by Crippen LogP contribution is 2.38. The molecule has 1 heterocycles. The van der Waals surface area contributed by atoms with Crippen LogP contribution in [0.25, 0.3) is 0 Å². The van der Waals surface area contributed by atoms with E-state index < -0.39 is 0 Å². The van der Waals surface area contributed by atoms with Gasteiger partial charge >= 0.3 is 0 Å². The molecule has 1 N–H and O–H groups in total. The molecule has 30 heavy (non-hydrogen) atoms. The van der Waals surface area contributed by atoms with Crippen molar-refractivity contribution in [3.63, 3.8) is 0 Å². The van der Waals surface area contributed by atoms with Crippen LogP contribution in [0.4, 0.5) is 5.69 Å². The van der Waals surface area contributed by atoms with E-state index in [1.54, 1.807) is 24.4 Å². The van der Waals surface area contributed by atoms with Crippen molar-refractivity contribution in [3.05, 3.63) is 59.9 Å². The van der Waals surface area contributed by atoms with Crippen LogP contribution in [0.15, 0.2) is 60.0 Å². The Morgan fingerprint density at radius 2 is 2.00 bits per heavy atom. The summed E-state index contributed by atoms with van der Waals surface area (Å²) >= 11 is 7.56. The number of anilines is 1. The average Bonchev–Trinajstić information content (AvgIpc) is 3.47. The quantitative estimate of drug-likeness (QED) is 0.424. The molecule has 0 unspecified atom stereocenters. The van der Waals surface area contributed by atoms with Crippen LogP contribution < -0.4 is 14.8 Å². The van der Waals surface area contributed by atoms with E-state index in [1.165, 1.54) is 24.6 Å². The number of hydrogen-bond acceptors (Lipinski definition) is 5. The van der Waals surface area contributed by atoms with E-state index in [9.17, 15) is 4.79 Å². The van der Waals surface area contributed by atoms with E-state index in [0.29, 0.717) is 34.9 Å². The van der Waals surface area contributed by atoms with E-state index in [0.717, 1.165) is 10.9 Å². The predicted octanol–water partition coefficient (Wildman–Crippen LogP) is 5.79. The molecular weight excluding hydrogens is 422 g/mol. The molecular formula is C22H22ClN3O3S. The number of benzene rings is 2. The third-order valence-corrected chi connectivity index (χ3v) is 5.70. The first-order valence-corrected chi connectivity index (χ1v) is 11.1. The van der Waals surface area contributed by atoms with Crippen LogP contribution in [0, 0.1) is 0 Å². The second-order valence-electron chi connectivity index (χ2n) is 6.83. The first kappa shape index (κ1) is 20.6. The van der Waals surface area contributed by atoms with Gasteiger partial charge in [-0.25, -0.2) is 4.98 Å². The smallest absolute Gasteiger partial charge is 0.234 e. The molecule has 0 radical (unpaired) electrons. The van der Waals surface area contributed by atoms with Crippen molar-refractivity contribution in [2.75, 3.05) is 17.7 Å².